The summed E-state index contributed by atoms with van der Waals surface area (Å²) in [4.78, 5) is 0. The third-order valence-corrected chi connectivity index (χ3v) is 2.70. The van der Waals surface area contributed by atoms with Crippen LogP contribution in [0.5, 0.6) is 5.75 Å². The standard InChI is InChI=1S/C15H10FN3O/c16-13-3-1-10(7-17)5-12(13)9-20-15-4-2-11(8-18)6-14(15)19/h1-6H,9,19H2. The predicted molar refractivity (Wildman–Crippen MR) is 71.0 cm³/mol. The predicted octanol–water partition coefficient (Wildman–Crippen LogP) is 2.73. The number of halogens is 1. The molecular formula is C15H10FN3O. The summed E-state index contributed by atoms with van der Waals surface area (Å²) in [6, 6.07) is 12.5. The zero-order valence-electron chi connectivity index (χ0n) is 10.4. The van der Waals surface area contributed by atoms with Crippen LogP contribution in [0.1, 0.15) is 16.7 Å². The van der Waals surface area contributed by atoms with Gasteiger partial charge in [-0.1, -0.05) is 0 Å². The first-order chi connectivity index (χ1) is 9.63. The topological polar surface area (TPSA) is 82.8 Å². The number of benzene rings is 2. The molecule has 0 aromatic heterocycles. The van der Waals surface area contributed by atoms with E-state index in [1.54, 1.807) is 12.1 Å². The molecule has 0 radical (unpaired) electrons. The SMILES string of the molecule is N#Cc1ccc(OCc2cc(C#N)ccc2F)c(N)c1. The van der Waals surface area contributed by atoms with E-state index in [2.05, 4.69) is 0 Å². The van der Waals surface area contributed by atoms with Gasteiger partial charge in [0.2, 0.25) is 0 Å². The quantitative estimate of drug-likeness (QED) is 0.867. The van der Waals surface area contributed by atoms with E-state index in [-0.39, 0.29) is 12.2 Å². The second-order valence-electron chi connectivity index (χ2n) is 4.07. The number of anilines is 1. The van der Waals surface area contributed by atoms with E-state index < -0.39 is 5.82 Å². The summed E-state index contributed by atoms with van der Waals surface area (Å²) in [5.41, 5.74) is 7.09. The lowest BCUT2D eigenvalue weighted by molar-refractivity contribution is 0.301. The molecule has 0 aliphatic rings. The fourth-order valence-corrected chi connectivity index (χ4v) is 1.66. The van der Waals surface area contributed by atoms with Crippen LogP contribution < -0.4 is 10.5 Å². The molecule has 0 atom stereocenters. The Balaban J connectivity index is 2.17. The van der Waals surface area contributed by atoms with Crippen LogP contribution in [0.25, 0.3) is 0 Å². The van der Waals surface area contributed by atoms with Gasteiger partial charge in [0.15, 0.2) is 0 Å². The zero-order chi connectivity index (χ0) is 14.5. The number of hydrogen-bond acceptors (Lipinski definition) is 4. The number of hydrogen-bond donors (Lipinski definition) is 1. The molecule has 2 aromatic carbocycles. The highest BCUT2D eigenvalue weighted by Crippen LogP contribution is 2.23. The van der Waals surface area contributed by atoms with Gasteiger partial charge >= 0.3 is 0 Å². The minimum Gasteiger partial charge on any atom is -0.487 e. The van der Waals surface area contributed by atoms with Crippen molar-refractivity contribution in [2.24, 2.45) is 0 Å². The van der Waals surface area contributed by atoms with Gasteiger partial charge in [-0.2, -0.15) is 10.5 Å². The lowest BCUT2D eigenvalue weighted by Gasteiger charge is -2.10. The van der Waals surface area contributed by atoms with Crippen molar-refractivity contribution in [1.82, 2.24) is 0 Å². The number of nitriles is 2. The third kappa shape index (κ3) is 2.85. The van der Waals surface area contributed by atoms with Gasteiger partial charge in [0.25, 0.3) is 0 Å². The van der Waals surface area contributed by atoms with Crippen LogP contribution in [-0.4, -0.2) is 0 Å². The van der Waals surface area contributed by atoms with E-state index in [0.29, 0.717) is 22.6 Å². The Morgan fingerprint density at radius 2 is 1.70 bits per heavy atom. The zero-order valence-corrected chi connectivity index (χ0v) is 10.4. The largest absolute Gasteiger partial charge is 0.487 e. The minimum absolute atomic E-state index is 0.0442. The van der Waals surface area contributed by atoms with Gasteiger partial charge in [0.05, 0.1) is 29.0 Å². The molecule has 5 heteroatoms. The summed E-state index contributed by atoms with van der Waals surface area (Å²) in [6.45, 7) is -0.0442. The highest BCUT2D eigenvalue weighted by atomic mass is 19.1. The summed E-state index contributed by atoms with van der Waals surface area (Å²) in [5, 5.41) is 17.5. The fourth-order valence-electron chi connectivity index (χ4n) is 1.66. The van der Waals surface area contributed by atoms with Crippen LogP contribution in [0, 0.1) is 28.5 Å². The van der Waals surface area contributed by atoms with Gasteiger partial charge in [-0.25, -0.2) is 4.39 Å². The second kappa shape index (κ2) is 5.73. The van der Waals surface area contributed by atoms with Gasteiger partial charge in [-0.3, -0.25) is 0 Å². The highest BCUT2D eigenvalue weighted by molar-refractivity contribution is 5.56. The van der Waals surface area contributed by atoms with Crippen molar-refractivity contribution in [3.05, 3.63) is 58.9 Å². The van der Waals surface area contributed by atoms with Crippen molar-refractivity contribution in [2.45, 2.75) is 6.61 Å². The van der Waals surface area contributed by atoms with Crippen LogP contribution in [0.4, 0.5) is 10.1 Å². The van der Waals surface area contributed by atoms with Crippen molar-refractivity contribution in [2.75, 3.05) is 5.73 Å². The Bertz CT molecular complexity index is 729. The second-order valence-corrected chi connectivity index (χ2v) is 4.07. The smallest absolute Gasteiger partial charge is 0.142 e. The van der Waals surface area contributed by atoms with Gasteiger partial charge in [0, 0.05) is 5.56 Å². The molecule has 4 nitrogen and oxygen atoms in total. The molecule has 0 amide bonds. The number of nitrogens with two attached hydrogens (primary N) is 1. The van der Waals surface area contributed by atoms with Crippen LogP contribution in [0.15, 0.2) is 36.4 Å². The lowest BCUT2D eigenvalue weighted by atomic mass is 10.1. The van der Waals surface area contributed by atoms with Crippen LogP contribution >= 0.6 is 0 Å². The Kier molecular flexibility index (Phi) is 3.83. The summed E-state index contributed by atoms with van der Waals surface area (Å²) in [7, 11) is 0. The van der Waals surface area contributed by atoms with E-state index in [1.165, 1.54) is 24.3 Å². The number of nitrogens with zero attached hydrogens (tertiary/aromatic N) is 2. The number of rotatable bonds is 3. The number of nitrogen functional groups attached to an aromatic ring is 1. The van der Waals surface area contributed by atoms with Crippen molar-refractivity contribution < 1.29 is 9.13 Å². The maximum Gasteiger partial charge on any atom is 0.142 e. The first-order valence-corrected chi connectivity index (χ1v) is 5.75. The van der Waals surface area contributed by atoms with Crippen LogP contribution in [0.2, 0.25) is 0 Å². The molecule has 0 heterocycles. The summed E-state index contributed by atoms with van der Waals surface area (Å²) >= 11 is 0. The molecule has 2 rings (SSSR count). The van der Waals surface area contributed by atoms with Crippen molar-refractivity contribution >= 4 is 5.69 Å². The third-order valence-electron chi connectivity index (χ3n) is 2.70. The molecule has 0 aliphatic carbocycles. The van der Waals surface area contributed by atoms with Crippen molar-refractivity contribution in [1.29, 1.82) is 10.5 Å². The maximum atomic E-state index is 13.6. The minimum atomic E-state index is -0.448. The Hall–Kier alpha value is -3.05. The van der Waals surface area contributed by atoms with Gasteiger partial charge in [-0.05, 0) is 36.4 Å². The number of ether oxygens (including phenoxy) is 1. The normalized spacial score (nSPS) is 9.55. The summed E-state index contributed by atoms with van der Waals surface area (Å²) < 4.78 is 19.0. The van der Waals surface area contributed by atoms with Gasteiger partial charge in [-0.15, -0.1) is 0 Å². The van der Waals surface area contributed by atoms with Crippen LogP contribution in [0.3, 0.4) is 0 Å². The fraction of sp³-hybridized carbons (Fsp3) is 0.0667. The van der Waals surface area contributed by atoms with E-state index in [1.807, 2.05) is 12.1 Å². The van der Waals surface area contributed by atoms with Crippen molar-refractivity contribution in [3.8, 4) is 17.9 Å². The lowest BCUT2D eigenvalue weighted by Crippen LogP contribution is -2.01. The molecule has 0 aliphatic heterocycles. The molecule has 98 valence electrons. The molecule has 2 aromatic rings. The van der Waals surface area contributed by atoms with E-state index >= 15 is 0 Å². The maximum absolute atomic E-state index is 13.6. The Morgan fingerprint density at radius 3 is 2.35 bits per heavy atom. The molecule has 0 saturated heterocycles. The van der Waals surface area contributed by atoms with Crippen LogP contribution in [-0.2, 0) is 6.61 Å². The molecule has 20 heavy (non-hydrogen) atoms. The van der Waals surface area contributed by atoms with E-state index in [4.69, 9.17) is 21.0 Å². The Morgan fingerprint density at radius 1 is 1.05 bits per heavy atom. The van der Waals surface area contributed by atoms with E-state index in [9.17, 15) is 4.39 Å². The molecule has 0 unspecified atom stereocenters. The monoisotopic (exact) mass is 267 g/mol. The molecule has 0 bridgehead atoms. The molecule has 0 fully saturated rings. The summed E-state index contributed by atoms with van der Waals surface area (Å²) in [5.74, 6) is -0.0815. The average molecular weight is 267 g/mol. The first kappa shape index (κ1) is 13.4. The molecular weight excluding hydrogens is 257 g/mol. The highest BCUT2D eigenvalue weighted by Gasteiger charge is 2.07. The Labute approximate surface area is 115 Å². The molecule has 0 saturated carbocycles. The van der Waals surface area contributed by atoms with Crippen molar-refractivity contribution in [3.63, 3.8) is 0 Å². The first-order valence-electron chi connectivity index (χ1n) is 5.75. The summed E-state index contributed by atoms with van der Waals surface area (Å²) in [6.07, 6.45) is 0. The molecule has 0 spiro atoms. The van der Waals surface area contributed by atoms with Gasteiger partial charge in [0.1, 0.15) is 18.2 Å². The van der Waals surface area contributed by atoms with E-state index in [0.717, 1.165) is 0 Å². The van der Waals surface area contributed by atoms with Gasteiger partial charge < -0.3 is 10.5 Å². The molecule has 2 N–H and O–H groups in total. The average Bonchev–Trinajstić information content (AvgIpc) is 2.47.